The molecule has 0 bridgehead atoms. The van der Waals surface area contributed by atoms with E-state index in [0.717, 1.165) is 25.7 Å². The summed E-state index contributed by atoms with van der Waals surface area (Å²) in [6, 6.07) is 0. The second kappa shape index (κ2) is 7.81. The highest BCUT2D eigenvalue weighted by Gasteiger charge is 2.47. The molecule has 20 heavy (non-hydrogen) atoms. The van der Waals surface area contributed by atoms with Crippen LogP contribution in [0, 0.1) is 16.7 Å². The molecule has 0 heterocycles. The Balaban J connectivity index is 5.42. The first-order chi connectivity index (χ1) is 9.14. The second-order valence-electron chi connectivity index (χ2n) is 7.04. The van der Waals surface area contributed by atoms with Crippen LogP contribution in [-0.4, -0.2) is 5.78 Å². The van der Waals surface area contributed by atoms with Gasteiger partial charge in [-0.3, -0.25) is 4.79 Å². The second-order valence-corrected chi connectivity index (χ2v) is 7.04. The van der Waals surface area contributed by atoms with Gasteiger partial charge >= 0.3 is 0 Å². The summed E-state index contributed by atoms with van der Waals surface area (Å²) in [6.07, 6.45) is 8.23. The normalized spacial score (nSPS) is 17.2. The van der Waals surface area contributed by atoms with Crippen molar-refractivity contribution >= 4 is 5.78 Å². The Morgan fingerprint density at radius 2 is 1.75 bits per heavy atom. The van der Waals surface area contributed by atoms with Gasteiger partial charge in [-0.2, -0.15) is 0 Å². The lowest BCUT2D eigenvalue weighted by Gasteiger charge is -2.45. The summed E-state index contributed by atoms with van der Waals surface area (Å²) in [7, 11) is 0. The van der Waals surface area contributed by atoms with Crippen LogP contribution >= 0.6 is 0 Å². The first-order valence-electron chi connectivity index (χ1n) is 7.96. The first-order valence-corrected chi connectivity index (χ1v) is 7.96. The average Bonchev–Trinajstić information content (AvgIpc) is 2.36. The molecule has 0 rings (SSSR count). The van der Waals surface area contributed by atoms with Crippen molar-refractivity contribution in [1.29, 1.82) is 0 Å². The zero-order valence-electron chi connectivity index (χ0n) is 14.7. The Morgan fingerprint density at radius 1 is 1.20 bits per heavy atom. The van der Waals surface area contributed by atoms with Crippen LogP contribution in [0.15, 0.2) is 24.3 Å². The third-order valence-electron chi connectivity index (χ3n) is 4.75. The number of allylic oxidation sites excluding steroid dienone is 3. The molecule has 2 atom stereocenters. The predicted octanol–water partition coefficient (Wildman–Crippen LogP) is 5.96. The van der Waals surface area contributed by atoms with Crippen LogP contribution in [0.4, 0.5) is 0 Å². The predicted molar refractivity (Wildman–Crippen MR) is 89.8 cm³/mol. The SMILES string of the molecule is C=C[C@@](C)(CCC=C(C)C)[C@@](C)(CCC)C(=O)C(C)C. The molecule has 0 N–H and O–H groups in total. The van der Waals surface area contributed by atoms with Gasteiger partial charge in [0.25, 0.3) is 0 Å². The van der Waals surface area contributed by atoms with Crippen LogP contribution in [-0.2, 0) is 4.79 Å². The van der Waals surface area contributed by atoms with Crippen molar-refractivity contribution < 1.29 is 4.79 Å². The smallest absolute Gasteiger partial charge is 0.142 e. The maximum Gasteiger partial charge on any atom is 0.142 e. The van der Waals surface area contributed by atoms with Gasteiger partial charge in [-0.15, -0.1) is 6.58 Å². The maximum absolute atomic E-state index is 12.8. The van der Waals surface area contributed by atoms with Crippen molar-refractivity contribution in [2.24, 2.45) is 16.7 Å². The molecular formula is C19H34O. The molecule has 0 unspecified atom stereocenters. The van der Waals surface area contributed by atoms with Crippen molar-refractivity contribution in [2.75, 3.05) is 0 Å². The molecule has 1 nitrogen and oxygen atoms in total. The topological polar surface area (TPSA) is 17.1 Å². The summed E-state index contributed by atoms with van der Waals surface area (Å²) in [6.45, 7) is 18.8. The number of hydrogen-bond acceptors (Lipinski definition) is 1. The average molecular weight is 278 g/mol. The van der Waals surface area contributed by atoms with E-state index in [2.05, 4.69) is 47.3 Å². The summed E-state index contributed by atoms with van der Waals surface area (Å²) in [5.41, 5.74) is 0.882. The molecule has 0 aliphatic carbocycles. The van der Waals surface area contributed by atoms with E-state index in [-0.39, 0.29) is 16.7 Å². The molecule has 0 aliphatic rings. The van der Waals surface area contributed by atoms with E-state index in [9.17, 15) is 4.79 Å². The van der Waals surface area contributed by atoms with Crippen LogP contribution in [0.1, 0.15) is 74.1 Å². The first kappa shape index (κ1) is 19.1. The van der Waals surface area contributed by atoms with Gasteiger partial charge in [0.05, 0.1) is 0 Å². The van der Waals surface area contributed by atoms with Crippen molar-refractivity contribution in [1.82, 2.24) is 0 Å². The Hall–Kier alpha value is -0.850. The minimum Gasteiger partial charge on any atom is -0.299 e. The summed E-state index contributed by atoms with van der Waals surface area (Å²) >= 11 is 0. The molecule has 0 aromatic heterocycles. The Kier molecular flexibility index (Phi) is 7.47. The molecular weight excluding hydrogens is 244 g/mol. The van der Waals surface area contributed by atoms with Crippen molar-refractivity contribution in [2.45, 2.75) is 74.1 Å². The van der Waals surface area contributed by atoms with Crippen LogP contribution < -0.4 is 0 Å². The summed E-state index contributed by atoms with van der Waals surface area (Å²) < 4.78 is 0. The molecule has 0 amide bonds. The largest absolute Gasteiger partial charge is 0.299 e. The highest BCUT2D eigenvalue weighted by molar-refractivity contribution is 5.87. The van der Waals surface area contributed by atoms with E-state index in [0.29, 0.717) is 5.78 Å². The Labute approximate surface area is 126 Å². The number of hydrogen-bond donors (Lipinski definition) is 0. The minimum absolute atomic E-state index is 0.0780. The van der Waals surface area contributed by atoms with Crippen molar-refractivity contribution in [3.05, 3.63) is 24.3 Å². The molecule has 0 saturated carbocycles. The van der Waals surface area contributed by atoms with Gasteiger partial charge in [0, 0.05) is 11.3 Å². The van der Waals surface area contributed by atoms with E-state index in [1.54, 1.807) is 0 Å². The highest BCUT2D eigenvalue weighted by atomic mass is 16.1. The summed E-state index contributed by atoms with van der Waals surface area (Å²) in [5, 5.41) is 0. The van der Waals surface area contributed by atoms with Gasteiger partial charge in [-0.05, 0) is 38.5 Å². The van der Waals surface area contributed by atoms with E-state index in [1.165, 1.54) is 5.57 Å². The van der Waals surface area contributed by atoms with Gasteiger partial charge in [0.15, 0.2) is 0 Å². The van der Waals surface area contributed by atoms with Gasteiger partial charge in [-0.1, -0.05) is 58.8 Å². The number of Topliss-reactive ketones (excluding diaryl/α,β-unsaturated/α-hetero) is 1. The number of carbonyl (C=O) groups excluding carboxylic acids is 1. The third kappa shape index (κ3) is 4.33. The molecule has 0 spiro atoms. The molecule has 0 radical (unpaired) electrons. The minimum atomic E-state index is -0.312. The standard InChI is InChI=1S/C19H34O/c1-9-13-19(8,17(20)16(5)6)18(7,10-2)14-11-12-15(3)4/h10,12,16H,2,9,11,13-14H2,1,3-8H3/t18-,19-/m0/s1. The lowest BCUT2D eigenvalue weighted by Crippen LogP contribution is -2.44. The Bertz CT molecular complexity index is 360. The lowest BCUT2D eigenvalue weighted by atomic mass is 9.57. The van der Waals surface area contributed by atoms with Gasteiger partial charge < -0.3 is 0 Å². The van der Waals surface area contributed by atoms with Gasteiger partial charge in [0.1, 0.15) is 5.78 Å². The van der Waals surface area contributed by atoms with E-state index in [4.69, 9.17) is 0 Å². The highest BCUT2D eigenvalue weighted by Crippen LogP contribution is 2.49. The van der Waals surface area contributed by atoms with Crippen molar-refractivity contribution in [3.8, 4) is 0 Å². The Morgan fingerprint density at radius 3 is 2.10 bits per heavy atom. The van der Waals surface area contributed by atoms with Crippen LogP contribution in [0.3, 0.4) is 0 Å². The third-order valence-corrected chi connectivity index (χ3v) is 4.75. The van der Waals surface area contributed by atoms with Gasteiger partial charge in [-0.25, -0.2) is 0 Å². The van der Waals surface area contributed by atoms with E-state index in [1.807, 2.05) is 19.9 Å². The van der Waals surface area contributed by atoms with E-state index < -0.39 is 0 Å². The molecule has 0 saturated heterocycles. The quantitative estimate of drug-likeness (QED) is 0.476. The maximum atomic E-state index is 12.8. The number of ketones is 1. The lowest BCUT2D eigenvalue weighted by molar-refractivity contribution is -0.137. The summed E-state index contributed by atoms with van der Waals surface area (Å²) in [5.74, 6) is 0.452. The van der Waals surface area contributed by atoms with E-state index >= 15 is 0 Å². The van der Waals surface area contributed by atoms with Crippen LogP contribution in [0.5, 0.6) is 0 Å². The zero-order chi connectivity index (χ0) is 16.0. The fourth-order valence-electron chi connectivity index (χ4n) is 3.09. The molecule has 0 aliphatic heterocycles. The molecule has 0 fully saturated rings. The van der Waals surface area contributed by atoms with Crippen LogP contribution in [0.25, 0.3) is 0 Å². The number of rotatable bonds is 9. The fraction of sp³-hybridized carbons (Fsp3) is 0.737. The molecule has 0 aromatic rings. The molecule has 1 heteroatoms. The zero-order valence-corrected chi connectivity index (χ0v) is 14.7. The molecule has 0 aromatic carbocycles. The fourth-order valence-corrected chi connectivity index (χ4v) is 3.09. The summed E-state index contributed by atoms with van der Waals surface area (Å²) in [4.78, 5) is 12.8. The van der Waals surface area contributed by atoms with Crippen molar-refractivity contribution in [3.63, 3.8) is 0 Å². The number of carbonyl (C=O) groups is 1. The monoisotopic (exact) mass is 278 g/mol. The molecule has 116 valence electrons. The van der Waals surface area contributed by atoms with Crippen LogP contribution in [0.2, 0.25) is 0 Å². The van der Waals surface area contributed by atoms with Gasteiger partial charge in [0.2, 0.25) is 0 Å².